The van der Waals surface area contributed by atoms with E-state index in [2.05, 4.69) is 5.32 Å². The lowest BCUT2D eigenvalue weighted by atomic mass is 10.1. The Hall–Kier alpha value is -2.08. The number of aryl methyl sites for hydroxylation is 1. The number of carbonyl (C=O) groups excluding carboxylic acids is 1. The number of aliphatic carboxylic acids is 1. The van der Waals surface area contributed by atoms with Crippen LogP contribution in [0, 0.1) is 0 Å². The second-order valence-corrected chi connectivity index (χ2v) is 6.20. The Morgan fingerprint density at radius 1 is 1.22 bits per heavy atom. The zero-order chi connectivity index (χ0) is 17.3. The van der Waals surface area contributed by atoms with Gasteiger partial charge in [-0.25, -0.2) is 9.59 Å². The number of hydrogen-bond acceptors (Lipinski definition) is 4. The number of carbonyl (C=O) groups is 2. The van der Waals surface area contributed by atoms with Crippen molar-refractivity contribution >= 4 is 12.1 Å². The number of carboxylic acids is 1. The first-order chi connectivity index (χ1) is 10.8. The molecule has 0 radical (unpaired) electrons. The molecule has 1 atom stereocenters. The highest BCUT2D eigenvalue weighted by Gasteiger charge is 2.23. The first kappa shape index (κ1) is 19.0. The van der Waals surface area contributed by atoms with Crippen LogP contribution in [0.15, 0.2) is 30.3 Å². The van der Waals surface area contributed by atoms with Gasteiger partial charge >= 0.3 is 12.1 Å². The molecule has 0 aliphatic rings. The Balaban J connectivity index is 2.28. The predicted molar refractivity (Wildman–Crippen MR) is 86.4 cm³/mol. The van der Waals surface area contributed by atoms with Crippen molar-refractivity contribution in [3.63, 3.8) is 0 Å². The second-order valence-electron chi connectivity index (χ2n) is 6.20. The summed E-state index contributed by atoms with van der Waals surface area (Å²) in [6, 6.07) is 8.85. The van der Waals surface area contributed by atoms with E-state index in [1.54, 1.807) is 20.8 Å². The molecule has 1 aromatic rings. The van der Waals surface area contributed by atoms with E-state index in [0.717, 1.165) is 12.8 Å². The summed E-state index contributed by atoms with van der Waals surface area (Å²) in [5.41, 5.74) is 0.529. The highest BCUT2D eigenvalue weighted by atomic mass is 16.6. The lowest BCUT2D eigenvalue weighted by molar-refractivity contribution is -0.141. The summed E-state index contributed by atoms with van der Waals surface area (Å²) in [7, 11) is 0. The zero-order valence-electron chi connectivity index (χ0n) is 13.9. The van der Waals surface area contributed by atoms with Gasteiger partial charge in [0, 0.05) is 6.61 Å². The molecule has 6 heteroatoms. The third kappa shape index (κ3) is 8.83. The van der Waals surface area contributed by atoms with Crippen LogP contribution in [0.5, 0.6) is 0 Å². The standard InChI is InChI=1S/C17H25NO5/c1-17(2,3)23-16(21)18-14(15(19)20)12-22-11-7-10-13-8-5-4-6-9-13/h4-6,8-9,14H,7,10-12H2,1-3H3,(H,18,21)(H,19,20). The van der Waals surface area contributed by atoms with Crippen molar-refractivity contribution in [2.75, 3.05) is 13.2 Å². The fourth-order valence-corrected chi connectivity index (χ4v) is 1.85. The number of benzene rings is 1. The maximum absolute atomic E-state index is 11.6. The van der Waals surface area contributed by atoms with Crippen LogP contribution in [-0.4, -0.2) is 42.0 Å². The molecule has 1 amide bonds. The van der Waals surface area contributed by atoms with Crippen molar-refractivity contribution in [3.8, 4) is 0 Å². The maximum Gasteiger partial charge on any atom is 0.408 e. The van der Waals surface area contributed by atoms with Crippen LogP contribution in [0.4, 0.5) is 4.79 Å². The van der Waals surface area contributed by atoms with Gasteiger partial charge in [0.15, 0.2) is 6.04 Å². The number of carboxylic acid groups (broad SMARTS) is 1. The quantitative estimate of drug-likeness (QED) is 0.718. The number of alkyl carbamates (subject to hydrolysis) is 1. The molecule has 0 aliphatic carbocycles. The first-order valence-electron chi connectivity index (χ1n) is 7.62. The summed E-state index contributed by atoms with van der Waals surface area (Å²) >= 11 is 0. The summed E-state index contributed by atoms with van der Waals surface area (Å²) < 4.78 is 10.4. The molecule has 6 nitrogen and oxygen atoms in total. The van der Waals surface area contributed by atoms with E-state index in [9.17, 15) is 9.59 Å². The lowest BCUT2D eigenvalue weighted by Crippen LogP contribution is -2.46. The van der Waals surface area contributed by atoms with Crippen molar-refractivity contribution in [2.45, 2.75) is 45.3 Å². The molecule has 2 N–H and O–H groups in total. The van der Waals surface area contributed by atoms with Gasteiger partial charge in [0.05, 0.1) is 6.61 Å². The largest absolute Gasteiger partial charge is 0.480 e. The van der Waals surface area contributed by atoms with Crippen LogP contribution in [0.1, 0.15) is 32.8 Å². The van der Waals surface area contributed by atoms with E-state index in [0.29, 0.717) is 6.61 Å². The van der Waals surface area contributed by atoms with Gasteiger partial charge in [-0.2, -0.15) is 0 Å². The maximum atomic E-state index is 11.6. The summed E-state index contributed by atoms with van der Waals surface area (Å²) in [5, 5.41) is 11.4. The van der Waals surface area contributed by atoms with Crippen LogP contribution in [-0.2, 0) is 20.7 Å². The summed E-state index contributed by atoms with van der Waals surface area (Å²) in [6.45, 7) is 5.46. The van der Waals surface area contributed by atoms with Gasteiger partial charge in [0.25, 0.3) is 0 Å². The van der Waals surface area contributed by atoms with Gasteiger partial charge in [0.2, 0.25) is 0 Å². The van der Waals surface area contributed by atoms with Gasteiger partial charge in [0.1, 0.15) is 5.60 Å². The topological polar surface area (TPSA) is 84.9 Å². The minimum atomic E-state index is -1.15. The molecular formula is C17H25NO5. The fourth-order valence-electron chi connectivity index (χ4n) is 1.85. The van der Waals surface area contributed by atoms with E-state index >= 15 is 0 Å². The van der Waals surface area contributed by atoms with E-state index in [1.165, 1.54) is 5.56 Å². The number of rotatable bonds is 8. The Kier molecular flexibility index (Phi) is 7.54. The van der Waals surface area contributed by atoms with Gasteiger partial charge in [-0.15, -0.1) is 0 Å². The molecule has 0 aliphatic heterocycles. The smallest absolute Gasteiger partial charge is 0.408 e. The number of amides is 1. The van der Waals surface area contributed by atoms with Crippen molar-refractivity contribution in [1.29, 1.82) is 0 Å². The number of hydrogen-bond donors (Lipinski definition) is 2. The minimum Gasteiger partial charge on any atom is -0.480 e. The summed E-state index contributed by atoms with van der Waals surface area (Å²) in [6.07, 6.45) is 0.874. The highest BCUT2D eigenvalue weighted by Crippen LogP contribution is 2.07. The van der Waals surface area contributed by atoms with Gasteiger partial charge < -0.3 is 19.9 Å². The van der Waals surface area contributed by atoms with E-state index in [1.807, 2.05) is 30.3 Å². The van der Waals surface area contributed by atoms with Gasteiger partial charge in [-0.1, -0.05) is 30.3 Å². The predicted octanol–water partition coefficient (Wildman–Crippen LogP) is 2.61. The Labute approximate surface area is 136 Å². The molecule has 0 saturated heterocycles. The van der Waals surface area contributed by atoms with Crippen LogP contribution in [0.25, 0.3) is 0 Å². The van der Waals surface area contributed by atoms with E-state index < -0.39 is 23.7 Å². The number of ether oxygens (including phenoxy) is 2. The molecule has 0 saturated carbocycles. The molecule has 1 aromatic carbocycles. The molecule has 0 bridgehead atoms. The monoisotopic (exact) mass is 323 g/mol. The highest BCUT2D eigenvalue weighted by molar-refractivity contribution is 5.80. The molecule has 0 heterocycles. The molecule has 0 spiro atoms. The molecule has 128 valence electrons. The van der Waals surface area contributed by atoms with Crippen molar-refractivity contribution < 1.29 is 24.2 Å². The number of nitrogens with one attached hydrogen (secondary N) is 1. The average molecular weight is 323 g/mol. The molecule has 23 heavy (non-hydrogen) atoms. The molecular weight excluding hydrogens is 298 g/mol. The first-order valence-corrected chi connectivity index (χ1v) is 7.62. The Bertz CT molecular complexity index is 495. The van der Waals surface area contributed by atoms with Crippen LogP contribution < -0.4 is 5.32 Å². The molecule has 1 rings (SSSR count). The van der Waals surface area contributed by atoms with E-state index in [-0.39, 0.29) is 6.61 Å². The molecule has 0 aromatic heterocycles. The minimum absolute atomic E-state index is 0.0939. The SMILES string of the molecule is CC(C)(C)OC(=O)NC(COCCCc1ccccc1)C(=O)O. The second kappa shape index (κ2) is 9.15. The zero-order valence-corrected chi connectivity index (χ0v) is 13.9. The van der Waals surface area contributed by atoms with Gasteiger partial charge in [-0.3, -0.25) is 0 Å². The van der Waals surface area contributed by atoms with Crippen molar-refractivity contribution in [2.24, 2.45) is 0 Å². The van der Waals surface area contributed by atoms with Crippen LogP contribution in [0.2, 0.25) is 0 Å². The normalized spacial score (nSPS) is 12.5. The van der Waals surface area contributed by atoms with E-state index in [4.69, 9.17) is 14.6 Å². The summed E-state index contributed by atoms with van der Waals surface area (Å²) in [4.78, 5) is 22.7. The van der Waals surface area contributed by atoms with Crippen LogP contribution in [0.3, 0.4) is 0 Å². The van der Waals surface area contributed by atoms with Crippen LogP contribution >= 0.6 is 0 Å². The fraction of sp³-hybridized carbons (Fsp3) is 0.529. The third-order valence-electron chi connectivity index (χ3n) is 2.87. The molecule has 1 unspecified atom stereocenters. The Morgan fingerprint density at radius 2 is 1.87 bits per heavy atom. The average Bonchev–Trinajstić information content (AvgIpc) is 2.44. The Morgan fingerprint density at radius 3 is 2.43 bits per heavy atom. The van der Waals surface area contributed by atoms with Crippen molar-refractivity contribution in [1.82, 2.24) is 5.32 Å². The van der Waals surface area contributed by atoms with Crippen molar-refractivity contribution in [3.05, 3.63) is 35.9 Å². The lowest BCUT2D eigenvalue weighted by Gasteiger charge is -2.22. The van der Waals surface area contributed by atoms with Gasteiger partial charge in [-0.05, 0) is 39.2 Å². The third-order valence-corrected chi connectivity index (χ3v) is 2.87. The summed E-state index contributed by atoms with van der Waals surface area (Å²) in [5.74, 6) is -1.15. The molecule has 0 fully saturated rings.